The number of amides is 2. The van der Waals surface area contributed by atoms with Crippen LogP contribution < -0.4 is 0 Å². The zero-order chi connectivity index (χ0) is 18.1. The molecule has 134 valence electrons. The third-order valence-corrected chi connectivity index (χ3v) is 5.38. The van der Waals surface area contributed by atoms with Gasteiger partial charge < -0.3 is 9.64 Å². The number of thiophene rings is 1. The standard InChI is InChI=1S/C19H17FN2O3S/c20-14-5-3-13(4-6-14)12-22-18(23)16(15-2-1-11-26-15)17(19(22)24)21-7-9-25-10-8-21/h1-6,11H,7-10,12H2. The number of benzene rings is 1. The molecule has 1 saturated heterocycles. The van der Waals surface area contributed by atoms with Gasteiger partial charge in [0.05, 0.1) is 25.3 Å². The van der Waals surface area contributed by atoms with E-state index < -0.39 is 0 Å². The van der Waals surface area contributed by atoms with Gasteiger partial charge in [0, 0.05) is 18.0 Å². The summed E-state index contributed by atoms with van der Waals surface area (Å²) in [5, 5.41) is 1.89. The lowest BCUT2D eigenvalue weighted by Crippen LogP contribution is -2.40. The minimum Gasteiger partial charge on any atom is -0.378 e. The van der Waals surface area contributed by atoms with Crippen molar-refractivity contribution in [1.82, 2.24) is 9.80 Å². The Morgan fingerprint density at radius 1 is 1.04 bits per heavy atom. The van der Waals surface area contributed by atoms with Crippen LogP contribution in [-0.2, 0) is 20.9 Å². The summed E-state index contributed by atoms with van der Waals surface area (Å²) in [5.41, 5.74) is 1.61. The van der Waals surface area contributed by atoms with Crippen molar-refractivity contribution in [2.45, 2.75) is 6.54 Å². The van der Waals surface area contributed by atoms with Crippen LogP contribution in [0, 0.1) is 5.82 Å². The van der Waals surface area contributed by atoms with Gasteiger partial charge in [-0.2, -0.15) is 0 Å². The molecule has 5 nitrogen and oxygen atoms in total. The summed E-state index contributed by atoms with van der Waals surface area (Å²) in [6.07, 6.45) is 0. The summed E-state index contributed by atoms with van der Waals surface area (Å²) in [6, 6.07) is 9.56. The van der Waals surface area contributed by atoms with Gasteiger partial charge in [-0.25, -0.2) is 4.39 Å². The number of rotatable bonds is 4. The van der Waals surface area contributed by atoms with Crippen molar-refractivity contribution >= 4 is 28.7 Å². The Balaban J connectivity index is 1.69. The maximum absolute atomic E-state index is 13.1. The van der Waals surface area contributed by atoms with Crippen molar-refractivity contribution < 1.29 is 18.7 Å². The van der Waals surface area contributed by atoms with Gasteiger partial charge in [0.2, 0.25) is 0 Å². The van der Waals surface area contributed by atoms with E-state index in [0.717, 1.165) is 4.88 Å². The molecule has 7 heteroatoms. The SMILES string of the molecule is O=C1C(c2cccs2)=C(N2CCOCC2)C(=O)N1Cc1ccc(F)cc1. The summed E-state index contributed by atoms with van der Waals surface area (Å²) in [4.78, 5) is 30.1. The molecule has 2 aromatic rings. The summed E-state index contributed by atoms with van der Waals surface area (Å²) in [5.74, 6) is -0.952. The largest absolute Gasteiger partial charge is 0.378 e. The number of nitrogens with zero attached hydrogens (tertiary/aromatic N) is 2. The zero-order valence-corrected chi connectivity index (χ0v) is 14.8. The van der Waals surface area contributed by atoms with Crippen LogP contribution in [0.3, 0.4) is 0 Å². The van der Waals surface area contributed by atoms with Crippen LogP contribution >= 0.6 is 11.3 Å². The number of imide groups is 1. The number of carbonyl (C=O) groups excluding carboxylic acids is 2. The zero-order valence-electron chi connectivity index (χ0n) is 14.0. The Morgan fingerprint density at radius 3 is 2.42 bits per heavy atom. The van der Waals surface area contributed by atoms with Gasteiger partial charge in [-0.1, -0.05) is 18.2 Å². The Hall–Kier alpha value is -2.51. The number of carbonyl (C=O) groups is 2. The van der Waals surface area contributed by atoms with Gasteiger partial charge in [-0.15, -0.1) is 11.3 Å². The maximum atomic E-state index is 13.1. The minimum absolute atomic E-state index is 0.126. The van der Waals surface area contributed by atoms with Gasteiger partial charge in [0.15, 0.2) is 0 Å². The Labute approximate surface area is 154 Å². The second kappa shape index (κ2) is 7.01. The molecule has 2 amide bonds. The van der Waals surface area contributed by atoms with Crippen LogP contribution in [0.4, 0.5) is 4.39 Å². The summed E-state index contributed by atoms with van der Waals surface area (Å²) in [7, 11) is 0. The Morgan fingerprint density at radius 2 is 1.77 bits per heavy atom. The van der Waals surface area contributed by atoms with Crippen LogP contribution in [0.25, 0.3) is 5.57 Å². The molecule has 2 aliphatic heterocycles. The third-order valence-electron chi connectivity index (χ3n) is 4.49. The van der Waals surface area contributed by atoms with Gasteiger partial charge >= 0.3 is 0 Å². The second-order valence-electron chi connectivity index (χ2n) is 6.12. The van der Waals surface area contributed by atoms with Crippen molar-refractivity contribution in [2.75, 3.05) is 26.3 Å². The lowest BCUT2D eigenvalue weighted by Gasteiger charge is -2.29. The maximum Gasteiger partial charge on any atom is 0.278 e. The van der Waals surface area contributed by atoms with E-state index in [1.165, 1.54) is 28.4 Å². The number of hydrogen-bond donors (Lipinski definition) is 0. The van der Waals surface area contributed by atoms with Crippen LogP contribution in [0.1, 0.15) is 10.4 Å². The molecule has 0 bridgehead atoms. The van der Waals surface area contributed by atoms with E-state index in [4.69, 9.17) is 4.74 Å². The predicted molar refractivity (Wildman–Crippen MR) is 95.6 cm³/mol. The van der Waals surface area contributed by atoms with E-state index in [-0.39, 0.29) is 24.2 Å². The van der Waals surface area contributed by atoms with Crippen LogP contribution in [0.5, 0.6) is 0 Å². The van der Waals surface area contributed by atoms with Crippen LogP contribution in [-0.4, -0.2) is 47.9 Å². The van der Waals surface area contributed by atoms with E-state index >= 15 is 0 Å². The second-order valence-corrected chi connectivity index (χ2v) is 7.07. The normalized spacial score (nSPS) is 18.2. The fraction of sp³-hybridized carbons (Fsp3) is 0.263. The first-order valence-electron chi connectivity index (χ1n) is 8.36. The molecule has 0 atom stereocenters. The fourth-order valence-electron chi connectivity index (χ4n) is 3.20. The van der Waals surface area contributed by atoms with E-state index in [9.17, 15) is 14.0 Å². The summed E-state index contributed by atoms with van der Waals surface area (Å²) >= 11 is 1.44. The molecule has 1 aromatic heterocycles. The van der Waals surface area contributed by atoms with Gasteiger partial charge in [-0.3, -0.25) is 14.5 Å². The van der Waals surface area contributed by atoms with Crippen molar-refractivity contribution in [3.05, 3.63) is 63.7 Å². The van der Waals surface area contributed by atoms with E-state index in [1.807, 2.05) is 22.4 Å². The number of halogens is 1. The molecule has 0 saturated carbocycles. The number of hydrogen-bond acceptors (Lipinski definition) is 5. The number of ether oxygens (including phenoxy) is 1. The molecule has 26 heavy (non-hydrogen) atoms. The van der Waals surface area contributed by atoms with Gasteiger partial charge in [-0.05, 0) is 29.1 Å². The molecular weight excluding hydrogens is 355 g/mol. The minimum atomic E-state index is -0.348. The van der Waals surface area contributed by atoms with Crippen molar-refractivity contribution in [3.63, 3.8) is 0 Å². The van der Waals surface area contributed by atoms with Crippen molar-refractivity contribution in [3.8, 4) is 0 Å². The molecule has 1 aromatic carbocycles. The molecule has 3 heterocycles. The van der Waals surface area contributed by atoms with E-state index in [0.29, 0.717) is 43.1 Å². The average Bonchev–Trinajstić information content (AvgIpc) is 3.26. The Kier molecular flexibility index (Phi) is 4.57. The van der Waals surface area contributed by atoms with E-state index in [2.05, 4.69) is 0 Å². The highest BCUT2D eigenvalue weighted by Gasteiger charge is 2.42. The molecule has 4 rings (SSSR count). The highest BCUT2D eigenvalue weighted by molar-refractivity contribution is 7.11. The van der Waals surface area contributed by atoms with Crippen LogP contribution in [0.2, 0.25) is 0 Å². The lowest BCUT2D eigenvalue weighted by atomic mass is 10.1. The van der Waals surface area contributed by atoms with Crippen molar-refractivity contribution in [1.29, 1.82) is 0 Å². The monoisotopic (exact) mass is 372 g/mol. The fourth-order valence-corrected chi connectivity index (χ4v) is 3.97. The molecule has 0 unspecified atom stereocenters. The van der Waals surface area contributed by atoms with E-state index in [1.54, 1.807) is 12.1 Å². The average molecular weight is 372 g/mol. The highest BCUT2D eigenvalue weighted by Crippen LogP contribution is 2.35. The van der Waals surface area contributed by atoms with Gasteiger partial charge in [0.25, 0.3) is 11.8 Å². The molecule has 0 N–H and O–H groups in total. The first kappa shape index (κ1) is 16.9. The molecule has 0 radical (unpaired) electrons. The summed E-state index contributed by atoms with van der Waals surface area (Å²) < 4.78 is 18.5. The van der Waals surface area contributed by atoms with Gasteiger partial charge in [0.1, 0.15) is 11.5 Å². The topological polar surface area (TPSA) is 49.9 Å². The molecule has 2 aliphatic rings. The predicted octanol–water partition coefficient (Wildman–Crippen LogP) is 2.50. The Bertz CT molecular complexity index is 855. The molecule has 0 spiro atoms. The number of morpholine rings is 1. The molecule has 1 fully saturated rings. The first-order chi connectivity index (χ1) is 12.6. The molecular formula is C19H17FN2O3S. The smallest absolute Gasteiger partial charge is 0.278 e. The first-order valence-corrected chi connectivity index (χ1v) is 9.24. The van der Waals surface area contributed by atoms with Crippen molar-refractivity contribution in [2.24, 2.45) is 0 Å². The lowest BCUT2D eigenvalue weighted by molar-refractivity contribution is -0.138. The molecule has 0 aliphatic carbocycles. The summed E-state index contributed by atoms with van der Waals surface area (Å²) in [6.45, 7) is 2.34. The third kappa shape index (κ3) is 3.04. The quantitative estimate of drug-likeness (QED) is 0.774. The highest BCUT2D eigenvalue weighted by atomic mass is 32.1. The van der Waals surface area contributed by atoms with Crippen LogP contribution in [0.15, 0.2) is 47.5 Å².